The van der Waals surface area contributed by atoms with E-state index in [0.29, 0.717) is 17.1 Å². The van der Waals surface area contributed by atoms with Crippen molar-refractivity contribution in [2.24, 2.45) is 0 Å². The molecule has 6 rings (SSSR count). The second-order valence-corrected chi connectivity index (χ2v) is 13.1. The van der Waals surface area contributed by atoms with Gasteiger partial charge in [-0.25, -0.2) is 17.5 Å². The molecule has 1 N–H and O–H groups in total. The molecule has 14 heteroatoms. The zero-order valence-electron chi connectivity index (χ0n) is 25.2. The van der Waals surface area contributed by atoms with Gasteiger partial charge in [-0.05, 0) is 44.9 Å². The molecule has 2 fully saturated rings. The summed E-state index contributed by atoms with van der Waals surface area (Å²) in [6.07, 6.45) is -1.29. The van der Waals surface area contributed by atoms with Crippen LogP contribution < -0.4 is 44.5 Å². The van der Waals surface area contributed by atoms with Crippen LogP contribution in [0.5, 0.6) is 11.5 Å². The van der Waals surface area contributed by atoms with E-state index in [2.05, 4.69) is 5.43 Å². The van der Waals surface area contributed by atoms with Crippen molar-refractivity contribution >= 4 is 28.1 Å². The fourth-order valence-corrected chi connectivity index (χ4v) is 6.98. The Morgan fingerprint density at radius 1 is 0.978 bits per heavy atom. The number of ketones is 1. The Balaban J connectivity index is 0.00000400. The Bertz CT molecular complexity index is 1710. The summed E-state index contributed by atoms with van der Waals surface area (Å²) in [5.74, 6) is -2.41. The third kappa shape index (κ3) is 5.62. The van der Waals surface area contributed by atoms with Gasteiger partial charge in [0, 0.05) is 24.1 Å². The van der Waals surface area contributed by atoms with E-state index in [9.17, 15) is 27.4 Å². The number of hydrogen-bond donors (Lipinski definition) is 1. The molecule has 230 valence electrons. The Morgan fingerprint density at radius 3 is 2.11 bits per heavy atom. The average Bonchev–Trinajstić information content (AvgIpc) is 3.48. The van der Waals surface area contributed by atoms with Crippen molar-refractivity contribution in [3.8, 4) is 11.5 Å². The molecule has 0 bridgehead atoms. The Kier molecular flexibility index (Phi) is 8.57. The zero-order chi connectivity index (χ0) is 31.5. The average molecular weight is 644 g/mol. The van der Waals surface area contributed by atoms with Crippen LogP contribution in [-0.2, 0) is 36.8 Å². The number of fused-ring (bicyclic) bond motifs is 2. The van der Waals surface area contributed by atoms with Crippen molar-refractivity contribution in [2.45, 2.75) is 56.6 Å². The van der Waals surface area contributed by atoms with Gasteiger partial charge in [0.05, 0.1) is 6.04 Å². The van der Waals surface area contributed by atoms with Crippen LogP contribution in [0.4, 0.5) is 4.79 Å². The summed E-state index contributed by atoms with van der Waals surface area (Å²) in [4.78, 5) is 39.9. The van der Waals surface area contributed by atoms with Crippen molar-refractivity contribution in [1.29, 1.82) is 0 Å². The second-order valence-electron chi connectivity index (χ2n) is 11.8. The quantitative estimate of drug-likeness (QED) is 0.161. The smallest absolute Gasteiger partial charge is 0.731 e. The molecule has 0 aromatic heterocycles. The molecule has 12 nitrogen and oxygen atoms in total. The Hall–Kier alpha value is -3.46. The summed E-state index contributed by atoms with van der Waals surface area (Å²) in [6.45, 7) is 4.87. The summed E-state index contributed by atoms with van der Waals surface area (Å²) >= 11 is 0. The maximum Gasteiger partial charge on any atom is 1.00 e. The van der Waals surface area contributed by atoms with E-state index in [1.165, 1.54) is 0 Å². The molecular weight excluding hydrogens is 613 g/mol. The number of nitrogens with zero attached hydrogens (tertiary/aromatic N) is 2. The molecule has 0 aliphatic carbocycles. The van der Waals surface area contributed by atoms with Crippen LogP contribution >= 0.6 is 0 Å². The van der Waals surface area contributed by atoms with Crippen LogP contribution in [0.3, 0.4) is 0 Å². The number of Topliss-reactive ketones (excluding diaryl/α,β-unsaturated/α-hetero) is 1. The molecule has 2 atom stereocenters. The number of nitrogens with one attached hydrogen (secondary N) is 1. The molecule has 2 saturated heterocycles. The fraction of sp³-hybridized carbons (Fsp3) is 0.323. The molecule has 45 heavy (non-hydrogen) atoms. The largest absolute Gasteiger partial charge is 1.00 e. The van der Waals surface area contributed by atoms with Gasteiger partial charge in [-0.1, -0.05) is 66.7 Å². The summed E-state index contributed by atoms with van der Waals surface area (Å²) in [5.41, 5.74) is 1.39. The van der Waals surface area contributed by atoms with E-state index < -0.39 is 51.1 Å². The van der Waals surface area contributed by atoms with E-state index in [-0.39, 0.29) is 53.2 Å². The van der Waals surface area contributed by atoms with Crippen LogP contribution in [0.2, 0.25) is 0 Å². The van der Waals surface area contributed by atoms with Crippen molar-refractivity contribution in [3.05, 3.63) is 95.6 Å². The van der Waals surface area contributed by atoms with Gasteiger partial charge in [-0.15, -0.1) is 0 Å². The monoisotopic (exact) mass is 643 g/mol. The second kappa shape index (κ2) is 11.7. The minimum absolute atomic E-state index is 0. The van der Waals surface area contributed by atoms with E-state index in [1.54, 1.807) is 39.0 Å². The van der Waals surface area contributed by atoms with E-state index in [4.69, 9.17) is 14.2 Å². The summed E-state index contributed by atoms with van der Waals surface area (Å²) in [7, 11) is -5.19. The van der Waals surface area contributed by atoms with Gasteiger partial charge < -0.3 is 18.8 Å². The Labute approximate surface area is 282 Å². The predicted molar refractivity (Wildman–Crippen MR) is 154 cm³/mol. The molecule has 2 amide bonds. The number of β-lactam (4-membered cyclic amide) rings is 1. The number of rotatable bonds is 7. The maximum absolute atomic E-state index is 14.0. The molecular formula is C31H30N3NaO9S. The molecule has 0 spiro atoms. The predicted octanol–water partition coefficient (Wildman–Crippen LogP) is 0.0299. The number of benzene rings is 3. The van der Waals surface area contributed by atoms with Gasteiger partial charge in [0.1, 0.15) is 5.60 Å². The third-order valence-corrected chi connectivity index (χ3v) is 8.72. The molecule has 3 aromatic carbocycles. The van der Waals surface area contributed by atoms with Gasteiger partial charge in [0.15, 0.2) is 33.1 Å². The topological polar surface area (TPSA) is 155 Å². The molecule has 0 radical (unpaired) electrons. The zero-order valence-corrected chi connectivity index (χ0v) is 28.0. The third-order valence-electron chi connectivity index (χ3n) is 7.82. The first-order valence-electron chi connectivity index (χ1n) is 14.0. The minimum Gasteiger partial charge on any atom is -0.731 e. The summed E-state index contributed by atoms with van der Waals surface area (Å²) in [5, 5.41) is 1.08. The van der Waals surface area contributed by atoms with Gasteiger partial charge in [0.2, 0.25) is 0 Å². The van der Waals surface area contributed by atoms with E-state index in [0.717, 1.165) is 16.1 Å². The van der Waals surface area contributed by atoms with Crippen LogP contribution in [-0.4, -0.2) is 63.8 Å². The SMILES string of the molecule is CC(C)(C)OC(=O)NN1CC[C@H]2N(S(=O)(=O)[O-])C(=O)[C@@]21C(=O)Cc1ccc2c(c1)OC(c1ccccc1)(c1ccccc1)O2.[Na+]. The molecule has 0 saturated carbocycles. The van der Waals surface area contributed by atoms with Gasteiger partial charge in [-0.3, -0.25) is 15.0 Å². The molecule has 3 aromatic rings. The normalized spacial score (nSPS) is 21.7. The van der Waals surface area contributed by atoms with Crippen molar-refractivity contribution in [2.75, 3.05) is 6.54 Å². The van der Waals surface area contributed by atoms with Crippen LogP contribution in [0, 0.1) is 0 Å². The molecule has 3 heterocycles. The first kappa shape index (κ1) is 32.9. The number of carbonyl (C=O) groups is 3. The Morgan fingerprint density at radius 2 is 1.56 bits per heavy atom. The first-order valence-corrected chi connectivity index (χ1v) is 15.3. The van der Waals surface area contributed by atoms with Gasteiger partial charge >= 0.3 is 41.4 Å². The van der Waals surface area contributed by atoms with Crippen LogP contribution in [0.1, 0.15) is 43.9 Å². The summed E-state index contributed by atoms with van der Waals surface area (Å²) in [6, 6.07) is 22.4. The van der Waals surface area contributed by atoms with Crippen molar-refractivity contribution in [1.82, 2.24) is 14.7 Å². The number of carbonyl (C=O) groups excluding carboxylic acids is 3. The minimum atomic E-state index is -5.19. The number of hydrogen-bond acceptors (Lipinski definition) is 10. The van der Waals surface area contributed by atoms with E-state index >= 15 is 0 Å². The number of amides is 2. The molecule has 3 aliphatic rings. The maximum atomic E-state index is 14.0. The molecule has 0 unspecified atom stereocenters. The number of hydrazine groups is 1. The van der Waals surface area contributed by atoms with Gasteiger partial charge in [0.25, 0.3) is 5.91 Å². The fourth-order valence-electron chi connectivity index (χ4n) is 6.07. The van der Waals surface area contributed by atoms with Crippen molar-refractivity contribution in [3.63, 3.8) is 0 Å². The van der Waals surface area contributed by atoms with E-state index in [1.807, 2.05) is 60.7 Å². The van der Waals surface area contributed by atoms with Gasteiger partial charge in [-0.2, -0.15) is 5.01 Å². The number of ether oxygens (including phenoxy) is 3. The van der Waals surface area contributed by atoms with Crippen LogP contribution in [0.25, 0.3) is 0 Å². The van der Waals surface area contributed by atoms with Crippen molar-refractivity contribution < 1.29 is 71.1 Å². The first-order chi connectivity index (χ1) is 20.8. The standard InChI is InChI=1S/C31H31N3O9S.Na/c1-29(2,3)43-28(37)32-33-17-16-25-30(33,27(36)34(25)44(38,39)40)26(35)19-20-14-15-23-24(18-20)42-31(41-23,21-10-6-4-7-11-21)22-12-8-5-9-13-22;/h4-15,18,25H,16-17,19H2,1-3H3,(H,32,37)(H,38,39,40);/q;+1/p-1/t25-,30+;/m1./s1. The molecule has 3 aliphatic heterocycles. The summed E-state index contributed by atoms with van der Waals surface area (Å²) < 4.78 is 54.0. The van der Waals surface area contributed by atoms with Crippen LogP contribution in [0.15, 0.2) is 78.9 Å².